The Morgan fingerprint density at radius 3 is 2.47 bits per heavy atom. The molecule has 0 bridgehead atoms. The van der Waals surface area contributed by atoms with Crippen LogP contribution in [0.5, 0.6) is 0 Å². The number of allylic oxidation sites excluding steroid dienone is 2. The number of pyridine rings is 1. The molecule has 2 aromatic heterocycles. The van der Waals surface area contributed by atoms with Crippen molar-refractivity contribution in [2.24, 2.45) is 0 Å². The smallest absolute Gasteiger partial charge is 0.106 e. The van der Waals surface area contributed by atoms with E-state index in [-0.39, 0.29) is 0 Å². The van der Waals surface area contributed by atoms with E-state index < -0.39 is 0 Å². The van der Waals surface area contributed by atoms with Gasteiger partial charge < -0.3 is 9.14 Å². The van der Waals surface area contributed by atoms with E-state index >= 15 is 0 Å². The summed E-state index contributed by atoms with van der Waals surface area (Å²) in [7, 11) is 0. The number of nitrogens with zero attached hydrogens (tertiary/aromatic N) is 1. The maximum Gasteiger partial charge on any atom is 0.106 e. The van der Waals surface area contributed by atoms with Crippen LogP contribution in [0.25, 0.3) is 5.52 Å². The first-order chi connectivity index (χ1) is 7.47. The molecule has 15 heavy (non-hydrogen) atoms. The van der Waals surface area contributed by atoms with Crippen LogP contribution in [0.15, 0.2) is 67.2 Å². The third-order valence-corrected chi connectivity index (χ3v) is 2.05. The molecule has 2 nitrogen and oxygen atoms in total. The summed E-state index contributed by atoms with van der Waals surface area (Å²) in [4.78, 5) is 0. The van der Waals surface area contributed by atoms with Crippen LogP contribution in [-0.2, 0) is 4.74 Å². The minimum Gasteiger partial charge on any atom is -0.497 e. The first kappa shape index (κ1) is 9.59. The number of rotatable bonds is 0. The maximum absolute atomic E-state index is 4.80. The van der Waals surface area contributed by atoms with Crippen LogP contribution < -0.4 is 0 Å². The molecule has 0 radical (unpaired) electrons. The number of aromatic nitrogens is 1. The summed E-state index contributed by atoms with van der Waals surface area (Å²) in [5.74, 6) is 0. The van der Waals surface area contributed by atoms with Gasteiger partial charge in [-0.2, -0.15) is 0 Å². The van der Waals surface area contributed by atoms with E-state index in [9.17, 15) is 0 Å². The highest BCUT2D eigenvalue weighted by atomic mass is 16.5. The van der Waals surface area contributed by atoms with Gasteiger partial charge >= 0.3 is 0 Å². The van der Waals surface area contributed by atoms with Gasteiger partial charge in [0.05, 0.1) is 6.26 Å². The Morgan fingerprint density at radius 1 is 1.00 bits per heavy atom. The highest BCUT2D eigenvalue weighted by molar-refractivity contribution is 5.46. The van der Waals surface area contributed by atoms with Crippen LogP contribution in [0.4, 0.5) is 0 Å². The lowest BCUT2D eigenvalue weighted by Gasteiger charge is -1.94. The molecule has 76 valence electrons. The topological polar surface area (TPSA) is 13.6 Å². The number of ether oxygens (including phenoxy) is 1. The molecule has 0 saturated carbocycles. The first-order valence-electron chi connectivity index (χ1n) is 4.92. The van der Waals surface area contributed by atoms with E-state index in [2.05, 4.69) is 16.5 Å². The predicted molar refractivity (Wildman–Crippen MR) is 61.6 cm³/mol. The van der Waals surface area contributed by atoms with E-state index in [1.54, 1.807) is 6.26 Å². The van der Waals surface area contributed by atoms with Crippen molar-refractivity contribution in [1.29, 1.82) is 0 Å². The Balaban J connectivity index is 0.000000124. The zero-order valence-electron chi connectivity index (χ0n) is 8.41. The SMILES string of the molecule is C1=CCOC=C1.c1ccn2cccc2c1. The molecule has 0 atom stereocenters. The molecule has 0 fully saturated rings. The quantitative estimate of drug-likeness (QED) is 0.636. The molecular weight excluding hydrogens is 186 g/mol. The van der Waals surface area contributed by atoms with Gasteiger partial charge in [0.15, 0.2) is 0 Å². The average Bonchev–Trinajstić information content (AvgIpc) is 2.80. The molecule has 3 heterocycles. The Hall–Kier alpha value is -1.96. The molecule has 0 spiro atoms. The lowest BCUT2D eigenvalue weighted by molar-refractivity contribution is 0.286. The predicted octanol–water partition coefficient (Wildman–Crippen LogP) is 3.03. The minimum atomic E-state index is 0.733. The molecule has 3 rings (SSSR count). The van der Waals surface area contributed by atoms with Gasteiger partial charge in [0.25, 0.3) is 0 Å². The zero-order chi connectivity index (χ0) is 10.3. The highest BCUT2D eigenvalue weighted by Crippen LogP contribution is 2.01. The lowest BCUT2D eigenvalue weighted by atomic mass is 10.4. The standard InChI is InChI=1S/C8H7N.C5H6O/c1-2-6-9-7-3-5-8(9)4-1;1-2-4-6-5-3-1/h1-7H;1-4H,5H2. The van der Waals surface area contributed by atoms with Crippen molar-refractivity contribution in [3.63, 3.8) is 0 Å². The van der Waals surface area contributed by atoms with Crippen molar-refractivity contribution in [3.05, 3.63) is 67.2 Å². The summed E-state index contributed by atoms with van der Waals surface area (Å²) in [5, 5.41) is 0. The van der Waals surface area contributed by atoms with Crippen LogP contribution >= 0.6 is 0 Å². The Kier molecular flexibility index (Phi) is 3.23. The zero-order valence-corrected chi connectivity index (χ0v) is 8.41. The fraction of sp³-hybridized carbons (Fsp3) is 0.0769. The van der Waals surface area contributed by atoms with Crippen LogP contribution in [0.3, 0.4) is 0 Å². The van der Waals surface area contributed by atoms with Crippen LogP contribution in [-0.4, -0.2) is 11.0 Å². The molecule has 0 aromatic carbocycles. The fourth-order valence-electron chi connectivity index (χ4n) is 1.33. The summed E-state index contributed by atoms with van der Waals surface area (Å²) in [6.07, 6.45) is 11.5. The van der Waals surface area contributed by atoms with Gasteiger partial charge in [0.2, 0.25) is 0 Å². The summed E-state index contributed by atoms with van der Waals surface area (Å²) >= 11 is 0. The van der Waals surface area contributed by atoms with Gasteiger partial charge in [-0.3, -0.25) is 0 Å². The second kappa shape index (κ2) is 5.05. The van der Waals surface area contributed by atoms with Crippen LogP contribution in [0.2, 0.25) is 0 Å². The largest absolute Gasteiger partial charge is 0.497 e. The normalized spacial score (nSPS) is 13.1. The second-order valence-electron chi connectivity index (χ2n) is 3.13. The Labute approximate surface area is 89.1 Å². The van der Waals surface area contributed by atoms with Crippen molar-refractivity contribution < 1.29 is 4.74 Å². The number of fused-ring (bicyclic) bond motifs is 1. The Morgan fingerprint density at radius 2 is 1.87 bits per heavy atom. The lowest BCUT2D eigenvalue weighted by Crippen LogP contribution is -1.82. The van der Waals surface area contributed by atoms with Crippen molar-refractivity contribution >= 4 is 5.52 Å². The van der Waals surface area contributed by atoms with Crippen molar-refractivity contribution in [2.45, 2.75) is 0 Å². The molecule has 2 heteroatoms. The minimum absolute atomic E-state index is 0.733. The molecule has 0 N–H and O–H groups in total. The Bertz CT molecular complexity index is 426. The molecule has 0 aliphatic carbocycles. The highest BCUT2D eigenvalue weighted by Gasteiger charge is 1.83. The van der Waals surface area contributed by atoms with E-state index in [1.807, 2.05) is 48.8 Å². The summed E-state index contributed by atoms with van der Waals surface area (Å²) in [6, 6.07) is 10.3. The maximum atomic E-state index is 4.80. The monoisotopic (exact) mass is 199 g/mol. The average molecular weight is 199 g/mol. The molecule has 1 aliphatic rings. The van der Waals surface area contributed by atoms with Gasteiger partial charge in [-0.15, -0.1) is 0 Å². The molecule has 0 saturated heterocycles. The second-order valence-corrected chi connectivity index (χ2v) is 3.13. The molecular formula is C13H13NO. The van der Waals surface area contributed by atoms with Gasteiger partial charge in [-0.25, -0.2) is 0 Å². The van der Waals surface area contributed by atoms with Gasteiger partial charge in [0, 0.05) is 17.9 Å². The number of hydrogen-bond acceptors (Lipinski definition) is 1. The third-order valence-electron chi connectivity index (χ3n) is 2.05. The van der Waals surface area contributed by atoms with E-state index in [0.717, 1.165) is 6.61 Å². The van der Waals surface area contributed by atoms with E-state index in [0.29, 0.717) is 0 Å². The van der Waals surface area contributed by atoms with Gasteiger partial charge in [-0.1, -0.05) is 12.1 Å². The first-order valence-corrected chi connectivity index (χ1v) is 4.92. The molecule has 0 amide bonds. The van der Waals surface area contributed by atoms with Crippen molar-refractivity contribution in [1.82, 2.24) is 4.40 Å². The van der Waals surface area contributed by atoms with Crippen LogP contribution in [0.1, 0.15) is 0 Å². The van der Waals surface area contributed by atoms with Crippen molar-refractivity contribution in [3.8, 4) is 0 Å². The van der Waals surface area contributed by atoms with Crippen LogP contribution in [0, 0.1) is 0 Å². The molecule has 0 unspecified atom stereocenters. The number of hydrogen-bond donors (Lipinski definition) is 0. The third kappa shape index (κ3) is 2.74. The molecule has 2 aromatic rings. The van der Waals surface area contributed by atoms with Gasteiger partial charge in [-0.05, 0) is 36.4 Å². The molecule has 1 aliphatic heterocycles. The summed E-state index contributed by atoms with van der Waals surface area (Å²) in [5.41, 5.74) is 1.25. The van der Waals surface area contributed by atoms with Crippen molar-refractivity contribution in [2.75, 3.05) is 6.61 Å². The summed E-state index contributed by atoms with van der Waals surface area (Å²) < 4.78 is 6.89. The summed E-state index contributed by atoms with van der Waals surface area (Å²) in [6.45, 7) is 0.733. The fourth-order valence-corrected chi connectivity index (χ4v) is 1.33. The van der Waals surface area contributed by atoms with Gasteiger partial charge in [0.1, 0.15) is 6.61 Å². The van der Waals surface area contributed by atoms with E-state index in [4.69, 9.17) is 4.74 Å². The van der Waals surface area contributed by atoms with E-state index in [1.165, 1.54) is 5.52 Å².